The topological polar surface area (TPSA) is 9.23 Å². The Hall–Kier alpha value is -0.603. The highest BCUT2D eigenvalue weighted by molar-refractivity contribution is 6.46. The predicted molar refractivity (Wildman–Crippen MR) is 69.3 cm³/mol. The van der Waals surface area contributed by atoms with Crippen LogP contribution in [0, 0.1) is 0 Å². The summed E-state index contributed by atoms with van der Waals surface area (Å²) in [4.78, 5) is 0. The van der Waals surface area contributed by atoms with Crippen molar-refractivity contribution in [2.24, 2.45) is 0 Å². The average Bonchev–Trinajstić information content (AvgIpc) is 2.33. The Bertz CT molecular complexity index is 259. The van der Waals surface area contributed by atoms with Gasteiger partial charge >= 0.3 is 0 Å². The molecule has 0 aliphatic heterocycles. The Morgan fingerprint density at radius 2 is 1.53 bits per heavy atom. The van der Waals surface area contributed by atoms with E-state index in [1.165, 1.54) is 5.19 Å². The maximum absolute atomic E-state index is 6.20. The van der Waals surface area contributed by atoms with Crippen molar-refractivity contribution in [1.82, 2.24) is 0 Å². The quantitative estimate of drug-likeness (QED) is 0.672. The molecule has 1 aromatic carbocycles. The second-order valence-electron chi connectivity index (χ2n) is 4.02. The minimum Gasteiger partial charge on any atom is -0.413 e. The van der Waals surface area contributed by atoms with Crippen molar-refractivity contribution < 1.29 is 4.43 Å². The van der Waals surface area contributed by atoms with Gasteiger partial charge in [-0.2, -0.15) is 0 Å². The molecule has 15 heavy (non-hydrogen) atoms. The Labute approximate surface area is 95.8 Å². The molecule has 0 amide bonds. The fraction of sp³-hybridized carbons (Fsp3) is 0.538. The third-order valence-corrected chi connectivity index (χ3v) is 4.88. The molecule has 2 heteroatoms. The van der Waals surface area contributed by atoms with Gasteiger partial charge in [0.1, 0.15) is 0 Å². The lowest BCUT2D eigenvalue weighted by Gasteiger charge is -2.31. The third kappa shape index (κ3) is 3.47. The zero-order chi connectivity index (χ0) is 11.1. The van der Waals surface area contributed by atoms with Crippen LogP contribution in [0.15, 0.2) is 30.3 Å². The first-order chi connectivity index (χ1) is 7.26. The van der Waals surface area contributed by atoms with E-state index in [0.717, 1.165) is 19.3 Å². The van der Waals surface area contributed by atoms with Gasteiger partial charge in [-0.25, -0.2) is 0 Å². The molecule has 0 fully saturated rings. The Kier molecular flexibility index (Phi) is 5.06. The van der Waals surface area contributed by atoms with Crippen LogP contribution in [0.5, 0.6) is 0 Å². The lowest BCUT2D eigenvalue weighted by atomic mass is 9.95. The van der Waals surface area contributed by atoms with Crippen molar-refractivity contribution in [3.05, 3.63) is 30.3 Å². The van der Waals surface area contributed by atoms with E-state index < -0.39 is 9.76 Å². The summed E-state index contributed by atoms with van der Waals surface area (Å²) in [7, 11) is -0.549. The molecular weight excluding hydrogens is 200 g/mol. The van der Waals surface area contributed by atoms with E-state index in [2.05, 4.69) is 51.1 Å². The van der Waals surface area contributed by atoms with E-state index in [0.29, 0.717) is 0 Å². The van der Waals surface area contributed by atoms with E-state index in [4.69, 9.17) is 4.43 Å². The molecule has 0 radical (unpaired) electrons. The van der Waals surface area contributed by atoms with Crippen LogP contribution in [-0.4, -0.2) is 15.4 Å². The van der Waals surface area contributed by atoms with Crippen LogP contribution in [0.2, 0.25) is 0 Å². The zero-order valence-electron chi connectivity index (χ0n) is 10.1. The van der Waals surface area contributed by atoms with E-state index >= 15 is 0 Å². The summed E-state index contributed by atoms with van der Waals surface area (Å²) in [5, 5.41) is 1.40. The van der Waals surface area contributed by atoms with Gasteiger partial charge in [0.05, 0.1) is 5.60 Å². The Balaban J connectivity index is 2.54. The van der Waals surface area contributed by atoms with Crippen molar-refractivity contribution in [3.63, 3.8) is 0 Å². The smallest absolute Gasteiger partial charge is 0.193 e. The molecule has 0 aromatic heterocycles. The normalized spacial score (nSPS) is 12.5. The van der Waals surface area contributed by atoms with Crippen LogP contribution in [0.25, 0.3) is 0 Å². The average molecular weight is 222 g/mol. The standard InChI is InChI=1S/C13H22OSi/c1-4-13(5-2,6-3)14-15-12-10-8-7-9-11-12/h7-11H,4-6,15H2,1-3H3. The molecule has 0 N–H and O–H groups in total. The second kappa shape index (κ2) is 6.08. The summed E-state index contributed by atoms with van der Waals surface area (Å²) in [6.07, 6.45) is 3.37. The predicted octanol–water partition coefficient (Wildman–Crippen LogP) is 2.38. The van der Waals surface area contributed by atoms with Gasteiger partial charge in [-0.1, -0.05) is 51.1 Å². The van der Waals surface area contributed by atoms with Crippen molar-refractivity contribution >= 4 is 14.9 Å². The molecule has 0 unspecified atom stereocenters. The van der Waals surface area contributed by atoms with Crippen LogP contribution in [0.4, 0.5) is 0 Å². The van der Waals surface area contributed by atoms with E-state index in [9.17, 15) is 0 Å². The van der Waals surface area contributed by atoms with Gasteiger partial charge in [0.25, 0.3) is 0 Å². The second-order valence-corrected chi connectivity index (χ2v) is 5.41. The van der Waals surface area contributed by atoms with Gasteiger partial charge in [-0.3, -0.25) is 0 Å². The van der Waals surface area contributed by atoms with Crippen molar-refractivity contribution in [2.45, 2.75) is 45.6 Å². The van der Waals surface area contributed by atoms with Crippen LogP contribution >= 0.6 is 0 Å². The first-order valence-electron chi connectivity index (χ1n) is 5.94. The summed E-state index contributed by atoms with van der Waals surface area (Å²) in [5.74, 6) is 0. The summed E-state index contributed by atoms with van der Waals surface area (Å²) in [6.45, 7) is 6.69. The highest BCUT2D eigenvalue weighted by atomic mass is 28.2. The molecule has 1 nitrogen and oxygen atoms in total. The number of benzene rings is 1. The molecule has 0 heterocycles. The molecular formula is C13H22OSi. The molecule has 1 rings (SSSR count). The highest BCUT2D eigenvalue weighted by Gasteiger charge is 2.23. The van der Waals surface area contributed by atoms with Gasteiger partial charge in [0.2, 0.25) is 0 Å². The van der Waals surface area contributed by atoms with E-state index in [-0.39, 0.29) is 5.60 Å². The first-order valence-corrected chi connectivity index (χ1v) is 7.22. The van der Waals surface area contributed by atoms with Crippen LogP contribution in [0.3, 0.4) is 0 Å². The summed E-state index contributed by atoms with van der Waals surface area (Å²) < 4.78 is 6.20. The highest BCUT2D eigenvalue weighted by Crippen LogP contribution is 2.23. The Morgan fingerprint density at radius 1 is 1.00 bits per heavy atom. The van der Waals surface area contributed by atoms with Crippen molar-refractivity contribution in [3.8, 4) is 0 Å². The van der Waals surface area contributed by atoms with Crippen molar-refractivity contribution in [2.75, 3.05) is 0 Å². The van der Waals surface area contributed by atoms with Crippen LogP contribution in [0.1, 0.15) is 40.0 Å². The summed E-state index contributed by atoms with van der Waals surface area (Å²) >= 11 is 0. The maximum Gasteiger partial charge on any atom is 0.193 e. The fourth-order valence-corrected chi connectivity index (χ4v) is 3.42. The van der Waals surface area contributed by atoms with Gasteiger partial charge in [0.15, 0.2) is 9.76 Å². The largest absolute Gasteiger partial charge is 0.413 e. The van der Waals surface area contributed by atoms with Gasteiger partial charge in [-0.15, -0.1) is 0 Å². The molecule has 0 aliphatic carbocycles. The lowest BCUT2D eigenvalue weighted by Crippen LogP contribution is -2.35. The van der Waals surface area contributed by atoms with Crippen molar-refractivity contribution in [1.29, 1.82) is 0 Å². The molecule has 84 valence electrons. The summed E-state index contributed by atoms with van der Waals surface area (Å²) in [5.41, 5.74) is 0.141. The molecule has 0 spiro atoms. The fourth-order valence-electron chi connectivity index (χ4n) is 1.87. The third-order valence-electron chi connectivity index (χ3n) is 3.32. The SMILES string of the molecule is CCC(CC)(CC)O[SiH2]c1ccccc1. The molecule has 0 saturated heterocycles. The summed E-state index contributed by atoms with van der Waals surface area (Å²) in [6, 6.07) is 10.6. The van der Waals surface area contributed by atoms with E-state index in [1.807, 2.05) is 0 Å². The van der Waals surface area contributed by atoms with Gasteiger partial charge in [0, 0.05) is 0 Å². The number of hydrogen-bond donors (Lipinski definition) is 0. The van der Waals surface area contributed by atoms with Gasteiger partial charge in [-0.05, 0) is 24.4 Å². The number of rotatable bonds is 6. The lowest BCUT2D eigenvalue weighted by molar-refractivity contribution is 0.0629. The molecule has 0 bridgehead atoms. The van der Waals surface area contributed by atoms with Crippen LogP contribution in [-0.2, 0) is 4.43 Å². The van der Waals surface area contributed by atoms with Crippen LogP contribution < -0.4 is 5.19 Å². The minimum atomic E-state index is -0.549. The molecule has 1 aromatic rings. The number of hydrogen-bond acceptors (Lipinski definition) is 1. The first kappa shape index (κ1) is 12.5. The molecule has 0 atom stereocenters. The Morgan fingerprint density at radius 3 is 2.00 bits per heavy atom. The zero-order valence-corrected chi connectivity index (χ0v) is 11.5. The molecule has 0 saturated carbocycles. The monoisotopic (exact) mass is 222 g/mol. The van der Waals surface area contributed by atoms with E-state index in [1.54, 1.807) is 0 Å². The minimum absolute atomic E-state index is 0.141. The maximum atomic E-state index is 6.20. The van der Waals surface area contributed by atoms with Gasteiger partial charge < -0.3 is 4.43 Å². The molecule has 0 aliphatic rings.